The Kier molecular flexibility index (Phi) is 2.30. The van der Waals surface area contributed by atoms with Crippen LogP contribution < -0.4 is 0 Å². The van der Waals surface area contributed by atoms with E-state index in [0.29, 0.717) is 16.5 Å². The van der Waals surface area contributed by atoms with Gasteiger partial charge >= 0.3 is 0 Å². The van der Waals surface area contributed by atoms with Crippen LogP contribution >= 0.6 is 11.6 Å². The summed E-state index contributed by atoms with van der Waals surface area (Å²) in [5, 5.41) is 0.323. The summed E-state index contributed by atoms with van der Waals surface area (Å²) >= 11 is 5.97. The van der Waals surface area contributed by atoms with Crippen molar-refractivity contribution in [2.45, 2.75) is 0 Å². The summed E-state index contributed by atoms with van der Waals surface area (Å²) in [6.45, 7) is 0. The SMILES string of the molecule is Fc1cccc(Cl)c1-c1nc2ncccc2[nH]1. The van der Waals surface area contributed by atoms with Crippen molar-refractivity contribution in [1.82, 2.24) is 15.0 Å². The van der Waals surface area contributed by atoms with Gasteiger partial charge in [0.2, 0.25) is 0 Å². The van der Waals surface area contributed by atoms with E-state index in [4.69, 9.17) is 11.6 Å². The molecule has 0 fully saturated rings. The highest BCUT2D eigenvalue weighted by atomic mass is 35.5. The molecule has 0 amide bonds. The number of rotatable bonds is 1. The highest BCUT2D eigenvalue weighted by Crippen LogP contribution is 2.29. The fraction of sp³-hybridized carbons (Fsp3) is 0. The first-order valence-electron chi connectivity index (χ1n) is 5.01. The molecule has 0 aliphatic rings. The molecule has 3 nitrogen and oxygen atoms in total. The Hall–Kier alpha value is -1.94. The first-order chi connectivity index (χ1) is 8.25. The van der Waals surface area contributed by atoms with Crippen LogP contribution in [0, 0.1) is 5.82 Å². The molecule has 1 N–H and O–H groups in total. The number of hydrogen-bond donors (Lipinski definition) is 1. The zero-order valence-electron chi connectivity index (χ0n) is 8.61. The van der Waals surface area contributed by atoms with Gasteiger partial charge in [-0.05, 0) is 24.3 Å². The lowest BCUT2D eigenvalue weighted by Gasteiger charge is -2.01. The van der Waals surface area contributed by atoms with Crippen LogP contribution in [0.5, 0.6) is 0 Å². The lowest BCUT2D eigenvalue weighted by atomic mass is 10.2. The first-order valence-corrected chi connectivity index (χ1v) is 5.38. The van der Waals surface area contributed by atoms with Crippen LogP contribution in [0.3, 0.4) is 0 Å². The van der Waals surface area contributed by atoms with Crippen molar-refractivity contribution < 1.29 is 4.39 Å². The topological polar surface area (TPSA) is 41.6 Å². The maximum atomic E-state index is 13.7. The third-order valence-electron chi connectivity index (χ3n) is 2.46. The minimum atomic E-state index is -0.406. The lowest BCUT2D eigenvalue weighted by Crippen LogP contribution is -1.87. The van der Waals surface area contributed by atoms with Gasteiger partial charge in [-0.1, -0.05) is 17.7 Å². The second kappa shape index (κ2) is 3.82. The number of hydrogen-bond acceptors (Lipinski definition) is 2. The monoisotopic (exact) mass is 247 g/mol. The Morgan fingerprint density at radius 3 is 2.82 bits per heavy atom. The molecule has 0 aliphatic carbocycles. The number of halogens is 2. The largest absolute Gasteiger partial charge is 0.336 e. The Morgan fingerprint density at radius 2 is 2.06 bits per heavy atom. The molecular weight excluding hydrogens is 241 g/mol. The number of pyridine rings is 1. The van der Waals surface area contributed by atoms with E-state index in [2.05, 4.69) is 15.0 Å². The molecule has 17 heavy (non-hydrogen) atoms. The highest BCUT2D eigenvalue weighted by molar-refractivity contribution is 6.33. The summed E-state index contributed by atoms with van der Waals surface area (Å²) in [6.07, 6.45) is 1.63. The molecule has 1 aromatic carbocycles. The number of imidazole rings is 1. The molecule has 0 unspecified atom stereocenters. The molecule has 0 atom stereocenters. The summed E-state index contributed by atoms with van der Waals surface area (Å²) in [6, 6.07) is 8.14. The Bertz CT molecular complexity index is 640. The predicted molar refractivity (Wildman–Crippen MR) is 64.3 cm³/mol. The second-order valence-electron chi connectivity index (χ2n) is 3.56. The van der Waals surface area contributed by atoms with Crippen LogP contribution in [0.1, 0.15) is 0 Å². The van der Waals surface area contributed by atoms with E-state index in [-0.39, 0.29) is 5.56 Å². The second-order valence-corrected chi connectivity index (χ2v) is 3.96. The minimum absolute atomic E-state index is 0.271. The molecule has 0 aliphatic heterocycles. The molecule has 0 radical (unpaired) electrons. The molecule has 5 heteroatoms. The Labute approximate surface area is 101 Å². The van der Waals surface area contributed by atoms with Crippen molar-refractivity contribution in [3.63, 3.8) is 0 Å². The number of aromatic nitrogens is 3. The van der Waals surface area contributed by atoms with Gasteiger partial charge in [0, 0.05) is 6.20 Å². The molecule has 2 aromatic heterocycles. The molecule has 0 saturated heterocycles. The quantitative estimate of drug-likeness (QED) is 0.716. The molecule has 2 heterocycles. The zero-order valence-corrected chi connectivity index (χ0v) is 9.37. The van der Waals surface area contributed by atoms with Crippen molar-refractivity contribution >= 4 is 22.8 Å². The van der Waals surface area contributed by atoms with Crippen LogP contribution in [-0.4, -0.2) is 15.0 Å². The highest BCUT2D eigenvalue weighted by Gasteiger charge is 2.13. The molecule has 0 saturated carbocycles. The van der Waals surface area contributed by atoms with E-state index in [9.17, 15) is 4.39 Å². The molecular formula is C12H7ClFN3. The van der Waals surface area contributed by atoms with Gasteiger partial charge in [-0.25, -0.2) is 14.4 Å². The molecule has 3 rings (SSSR count). The van der Waals surface area contributed by atoms with Crippen LogP contribution in [-0.2, 0) is 0 Å². The summed E-state index contributed by atoms with van der Waals surface area (Å²) in [7, 11) is 0. The smallest absolute Gasteiger partial charge is 0.178 e. The van der Waals surface area contributed by atoms with Gasteiger partial charge in [-0.2, -0.15) is 0 Å². The van der Waals surface area contributed by atoms with Gasteiger partial charge in [0.15, 0.2) is 5.65 Å². The van der Waals surface area contributed by atoms with E-state index in [1.54, 1.807) is 24.4 Å². The molecule has 3 aromatic rings. The van der Waals surface area contributed by atoms with Gasteiger partial charge in [0.25, 0.3) is 0 Å². The fourth-order valence-electron chi connectivity index (χ4n) is 1.69. The average Bonchev–Trinajstić information content (AvgIpc) is 2.71. The maximum absolute atomic E-state index is 13.7. The van der Waals surface area contributed by atoms with Gasteiger partial charge in [-0.3, -0.25) is 0 Å². The maximum Gasteiger partial charge on any atom is 0.178 e. The summed E-state index contributed by atoms with van der Waals surface area (Å²) < 4.78 is 13.7. The van der Waals surface area contributed by atoms with Crippen molar-refractivity contribution in [2.75, 3.05) is 0 Å². The molecule has 0 spiro atoms. The van der Waals surface area contributed by atoms with Gasteiger partial charge in [-0.15, -0.1) is 0 Å². The third-order valence-corrected chi connectivity index (χ3v) is 2.77. The first kappa shape index (κ1) is 10.2. The van der Waals surface area contributed by atoms with Gasteiger partial charge in [0.05, 0.1) is 16.1 Å². The summed E-state index contributed by atoms with van der Waals surface area (Å²) in [5.41, 5.74) is 1.57. The third kappa shape index (κ3) is 1.66. The Balaban J connectivity index is 2.27. The van der Waals surface area contributed by atoms with E-state index in [1.807, 2.05) is 6.07 Å². The van der Waals surface area contributed by atoms with Gasteiger partial charge < -0.3 is 4.98 Å². The van der Waals surface area contributed by atoms with E-state index >= 15 is 0 Å². The number of H-pyrrole nitrogens is 1. The fourth-order valence-corrected chi connectivity index (χ4v) is 1.94. The van der Waals surface area contributed by atoms with Crippen molar-refractivity contribution in [3.05, 3.63) is 47.4 Å². The summed E-state index contributed by atoms with van der Waals surface area (Å²) in [4.78, 5) is 11.3. The van der Waals surface area contributed by atoms with E-state index < -0.39 is 5.82 Å². The van der Waals surface area contributed by atoms with Crippen molar-refractivity contribution in [3.8, 4) is 11.4 Å². The Morgan fingerprint density at radius 1 is 1.18 bits per heavy atom. The normalized spacial score (nSPS) is 10.9. The zero-order chi connectivity index (χ0) is 11.8. The van der Waals surface area contributed by atoms with Crippen LogP contribution in [0.25, 0.3) is 22.6 Å². The van der Waals surface area contributed by atoms with E-state index in [1.165, 1.54) is 6.07 Å². The lowest BCUT2D eigenvalue weighted by molar-refractivity contribution is 0.630. The average molecular weight is 248 g/mol. The van der Waals surface area contributed by atoms with Crippen LogP contribution in [0.2, 0.25) is 5.02 Å². The predicted octanol–water partition coefficient (Wildman–Crippen LogP) is 3.42. The number of fused-ring (bicyclic) bond motifs is 1. The summed E-state index contributed by atoms with van der Waals surface area (Å²) in [5.74, 6) is -0.0154. The van der Waals surface area contributed by atoms with Gasteiger partial charge in [0.1, 0.15) is 11.6 Å². The van der Waals surface area contributed by atoms with Crippen molar-refractivity contribution in [1.29, 1.82) is 0 Å². The number of nitrogens with zero attached hydrogens (tertiary/aromatic N) is 2. The van der Waals surface area contributed by atoms with Crippen molar-refractivity contribution in [2.24, 2.45) is 0 Å². The molecule has 84 valence electrons. The number of benzene rings is 1. The number of nitrogens with one attached hydrogen (secondary N) is 1. The van der Waals surface area contributed by atoms with Crippen LogP contribution in [0.15, 0.2) is 36.5 Å². The standard InChI is InChI=1S/C12H7ClFN3/c13-7-3-1-4-8(14)10(7)12-16-9-5-2-6-15-11(9)17-12/h1-6H,(H,15,16,17). The number of aromatic amines is 1. The molecule has 0 bridgehead atoms. The van der Waals surface area contributed by atoms with Crippen LogP contribution in [0.4, 0.5) is 4.39 Å². The van der Waals surface area contributed by atoms with E-state index in [0.717, 1.165) is 5.52 Å². The minimum Gasteiger partial charge on any atom is -0.336 e.